The van der Waals surface area contributed by atoms with Crippen molar-refractivity contribution in [2.24, 2.45) is 0 Å². The number of nitrogens with one attached hydrogen (secondary N) is 1. The van der Waals surface area contributed by atoms with E-state index < -0.39 is 15.3 Å². The average molecular weight is 350 g/mol. The summed E-state index contributed by atoms with van der Waals surface area (Å²) in [6.07, 6.45) is 3.32. The first-order valence-corrected chi connectivity index (χ1v) is 9.66. The van der Waals surface area contributed by atoms with Gasteiger partial charge in [-0.2, -0.15) is 0 Å². The molecular weight excluding hydrogens is 328 g/mol. The summed E-state index contributed by atoms with van der Waals surface area (Å²) in [5.41, 5.74) is 0.449. The van der Waals surface area contributed by atoms with E-state index in [4.69, 9.17) is 0 Å². The fraction of sp³-hybridized carbons (Fsp3) is 0.500. The summed E-state index contributed by atoms with van der Waals surface area (Å²) in [5, 5.41) is -0.462. The van der Waals surface area contributed by atoms with E-state index in [-0.39, 0.29) is 11.6 Å². The zero-order chi connectivity index (χ0) is 17.3. The van der Waals surface area contributed by atoms with Crippen molar-refractivity contribution >= 4 is 21.5 Å². The molecule has 0 aliphatic carbocycles. The van der Waals surface area contributed by atoms with Crippen LogP contribution >= 0.6 is 0 Å². The van der Waals surface area contributed by atoms with E-state index in [2.05, 4.69) is 9.71 Å². The molecule has 1 aliphatic heterocycles. The Kier molecular flexibility index (Phi) is 4.60. The number of fused-ring (bicyclic) bond motifs is 1. The van der Waals surface area contributed by atoms with Crippen molar-refractivity contribution in [3.63, 3.8) is 0 Å². The van der Waals surface area contributed by atoms with Crippen LogP contribution in [0.15, 0.2) is 35.3 Å². The minimum Gasteiger partial charge on any atom is -0.355 e. The molecule has 7 nitrogen and oxygen atoms in total. The quantitative estimate of drug-likeness (QED) is 0.889. The van der Waals surface area contributed by atoms with Crippen molar-refractivity contribution in [1.29, 1.82) is 0 Å². The largest absolute Gasteiger partial charge is 0.355 e. The van der Waals surface area contributed by atoms with E-state index in [9.17, 15) is 13.2 Å². The summed E-state index contributed by atoms with van der Waals surface area (Å²) in [4.78, 5) is 18.7. The first kappa shape index (κ1) is 16.9. The summed E-state index contributed by atoms with van der Waals surface area (Å²) >= 11 is 0. The van der Waals surface area contributed by atoms with E-state index in [1.807, 2.05) is 11.0 Å². The van der Waals surface area contributed by atoms with E-state index in [1.165, 1.54) is 10.5 Å². The minimum atomic E-state index is -3.31. The first-order chi connectivity index (χ1) is 11.4. The third kappa shape index (κ3) is 3.44. The molecule has 0 amide bonds. The van der Waals surface area contributed by atoms with Crippen LogP contribution in [0.5, 0.6) is 0 Å². The van der Waals surface area contributed by atoms with Gasteiger partial charge in [-0.05, 0) is 38.8 Å². The molecule has 2 aromatic rings. The van der Waals surface area contributed by atoms with Crippen molar-refractivity contribution in [2.75, 3.05) is 18.0 Å². The summed E-state index contributed by atoms with van der Waals surface area (Å²) in [7, 11) is -3.31. The monoisotopic (exact) mass is 350 g/mol. The van der Waals surface area contributed by atoms with Gasteiger partial charge in [0.05, 0.1) is 5.25 Å². The normalized spacial score (nSPS) is 19.1. The number of nitrogens with zero attached hydrogens (tertiary/aromatic N) is 3. The maximum atomic E-state index is 12.2. The lowest BCUT2D eigenvalue weighted by atomic mass is 10.1. The van der Waals surface area contributed by atoms with Gasteiger partial charge >= 0.3 is 0 Å². The van der Waals surface area contributed by atoms with Crippen LogP contribution in [0.25, 0.3) is 5.65 Å². The van der Waals surface area contributed by atoms with Crippen LogP contribution in [0.2, 0.25) is 0 Å². The molecule has 1 N–H and O–H groups in total. The lowest BCUT2D eigenvalue weighted by Gasteiger charge is -2.34. The summed E-state index contributed by atoms with van der Waals surface area (Å²) in [6.45, 7) is 4.60. The van der Waals surface area contributed by atoms with Crippen LogP contribution in [-0.4, -0.2) is 42.2 Å². The van der Waals surface area contributed by atoms with Gasteiger partial charge in [0.1, 0.15) is 11.5 Å². The lowest BCUT2D eigenvalue weighted by Crippen LogP contribution is -2.49. The molecule has 3 rings (SSSR count). The van der Waals surface area contributed by atoms with E-state index in [0.717, 1.165) is 19.4 Å². The fourth-order valence-corrected chi connectivity index (χ4v) is 3.78. The van der Waals surface area contributed by atoms with Gasteiger partial charge in [0.15, 0.2) is 0 Å². The molecule has 1 unspecified atom stereocenters. The highest BCUT2D eigenvalue weighted by atomic mass is 32.2. The van der Waals surface area contributed by atoms with Crippen molar-refractivity contribution in [2.45, 2.75) is 38.0 Å². The Morgan fingerprint density at radius 1 is 1.33 bits per heavy atom. The maximum Gasteiger partial charge on any atom is 0.259 e. The Balaban J connectivity index is 1.84. The van der Waals surface area contributed by atoms with Crippen molar-refractivity contribution in [3.05, 3.63) is 40.8 Å². The molecular formula is C16H22N4O3S. The molecule has 8 heteroatoms. The number of sulfonamides is 1. The van der Waals surface area contributed by atoms with Crippen molar-refractivity contribution in [1.82, 2.24) is 14.1 Å². The number of rotatable bonds is 4. The molecule has 130 valence electrons. The van der Waals surface area contributed by atoms with Crippen molar-refractivity contribution in [3.8, 4) is 0 Å². The van der Waals surface area contributed by atoms with E-state index in [1.54, 1.807) is 32.2 Å². The van der Waals surface area contributed by atoms with Gasteiger partial charge in [0.2, 0.25) is 10.0 Å². The Hall–Kier alpha value is -1.93. The summed E-state index contributed by atoms with van der Waals surface area (Å²) in [6, 6.07) is 6.75. The Morgan fingerprint density at radius 3 is 2.88 bits per heavy atom. The molecule has 1 aliphatic rings. The highest BCUT2D eigenvalue weighted by Gasteiger charge is 2.26. The van der Waals surface area contributed by atoms with Gasteiger partial charge in [-0.25, -0.2) is 18.1 Å². The Bertz CT molecular complexity index is 892. The Labute approximate surface area is 141 Å². The number of pyridine rings is 1. The molecule has 24 heavy (non-hydrogen) atoms. The molecule has 1 saturated heterocycles. The van der Waals surface area contributed by atoms with Crippen LogP contribution < -0.4 is 15.2 Å². The predicted octanol–water partition coefficient (Wildman–Crippen LogP) is 0.991. The predicted molar refractivity (Wildman–Crippen MR) is 93.9 cm³/mol. The van der Waals surface area contributed by atoms with Gasteiger partial charge in [-0.3, -0.25) is 9.20 Å². The van der Waals surface area contributed by atoms with Gasteiger partial charge in [-0.15, -0.1) is 0 Å². The lowest BCUT2D eigenvalue weighted by molar-refractivity contribution is 0.461. The third-order valence-corrected chi connectivity index (χ3v) is 6.16. The standard InChI is InChI=1S/C16H22N4O3S/c1-12(2)24(22,23)18-13-6-5-8-19(11-13)15-10-16(21)20-9-4-3-7-14(20)17-15/h3-4,7,9-10,12-13,18H,5-6,8,11H2,1-2H3. The number of anilines is 1. The second-order valence-corrected chi connectivity index (χ2v) is 8.65. The van der Waals surface area contributed by atoms with Crippen LogP contribution in [0.1, 0.15) is 26.7 Å². The number of hydrogen-bond donors (Lipinski definition) is 1. The summed E-state index contributed by atoms with van der Waals surface area (Å²) < 4.78 is 28.4. The molecule has 3 heterocycles. The maximum absolute atomic E-state index is 12.2. The molecule has 0 spiro atoms. The van der Waals surface area contributed by atoms with Crippen LogP contribution in [0.4, 0.5) is 5.82 Å². The average Bonchev–Trinajstić information content (AvgIpc) is 2.54. The van der Waals surface area contributed by atoms with Gasteiger partial charge in [0.25, 0.3) is 5.56 Å². The molecule has 2 aromatic heterocycles. The second kappa shape index (κ2) is 6.52. The topological polar surface area (TPSA) is 83.8 Å². The molecule has 0 bridgehead atoms. The smallest absolute Gasteiger partial charge is 0.259 e. The number of hydrogen-bond acceptors (Lipinski definition) is 5. The number of piperidine rings is 1. The number of aromatic nitrogens is 2. The zero-order valence-electron chi connectivity index (χ0n) is 13.8. The SMILES string of the molecule is CC(C)S(=O)(=O)NC1CCCN(c2cc(=O)n3ccccc3n2)C1. The first-order valence-electron chi connectivity index (χ1n) is 8.11. The molecule has 0 saturated carbocycles. The van der Waals surface area contributed by atoms with E-state index >= 15 is 0 Å². The van der Waals surface area contributed by atoms with Gasteiger partial charge in [-0.1, -0.05) is 6.07 Å². The van der Waals surface area contributed by atoms with E-state index in [0.29, 0.717) is 18.0 Å². The third-order valence-electron chi connectivity index (χ3n) is 4.25. The molecule has 1 fully saturated rings. The molecule has 0 radical (unpaired) electrons. The minimum absolute atomic E-state index is 0.138. The zero-order valence-corrected chi connectivity index (χ0v) is 14.7. The van der Waals surface area contributed by atoms with Crippen LogP contribution in [0.3, 0.4) is 0 Å². The molecule has 1 atom stereocenters. The highest BCUT2D eigenvalue weighted by molar-refractivity contribution is 7.90. The Morgan fingerprint density at radius 2 is 2.12 bits per heavy atom. The second-order valence-electron chi connectivity index (χ2n) is 6.38. The summed E-state index contributed by atoms with van der Waals surface area (Å²) in [5.74, 6) is 0.597. The fourth-order valence-electron chi connectivity index (χ4n) is 2.85. The molecule has 0 aromatic carbocycles. The van der Waals surface area contributed by atoms with Crippen LogP contribution in [-0.2, 0) is 10.0 Å². The van der Waals surface area contributed by atoms with Gasteiger partial charge < -0.3 is 4.90 Å². The van der Waals surface area contributed by atoms with Crippen molar-refractivity contribution < 1.29 is 8.42 Å². The van der Waals surface area contributed by atoms with Crippen LogP contribution in [0, 0.1) is 0 Å². The highest BCUT2D eigenvalue weighted by Crippen LogP contribution is 2.18. The van der Waals surface area contributed by atoms with Gasteiger partial charge in [0, 0.05) is 31.4 Å².